The second-order valence-electron chi connectivity index (χ2n) is 9.36. The van der Waals surface area contributed by atoms with E-state index in [2.05, 4.69) is 51.4 Å². The van der Waals surface area contributed by atoms with Crippen LogP contribution in [0.5, 0.6) is 11.5 Å². The maximum absolute atomic E-state index is 9.81. The van der Waals surface area contributed by atoms with Gasteiger partial charge >= 0.3 is 0 Å². The van der Waals surface area contributed by atoms with Crippen molar-refractivity contribution in [3.63, 3.8) is 0 Å². The Morgan fingerprint density at radius 3 is 2.92 bits per heavy atom. The third kappa shape index (κ3) is 4.56. The number of pyridine rings is 1. The SMILES string of the molecule is COc1cccc(Cn2ccc3cc(Nc4c(C#N)cnc5cc(OC6CCOC6)c(N)cc45)ccc32)c1. The molecule has 6 rings (SSSR count). The zero-order chi connectivity index (χ0) is 26.1. The smallest absolute Gasteiger partial charge is 0.144 e. The molecule has 5 aromatic rings. The lowest BCUT2D eigenvalue weighted by molar-refractivity contribution is 0.142. The van der Waals surface area contributed by atoms with Crippen molar-refractivity contribution >= 4 is 38.9 Å². The van der Waals surface area contributed by atoms with Gasteiger partial charge in [-0.25, -0.2) is 0 Å². The molecule has 1 atom stereocenters. The summed E-state index contributed by atoms with van der Waals surface area (Å²) in [5.74, 6) is 1.42. The van der Waals surface area contributed by atoms with Crippen LogP contribution in [0.2, 0.25) is 0 Å². The van der Waals surface area contributed by atoms with E-state index in [-0.39, 0.29) is 6.10 Å². The predicted octanol–water partition coefficient (Wildman–Crippen LogP) is 5.61. The molecule has 3 heterocycles. The van der Waals surface area contributed by atoms with Crippen molar-refractivity contribution in [1.29, 1.82) is 5.26 Å². The van der Waals surface area contributed by atoms with Gasteiger partial charge in [0, 0.05) is 53.4 Å². The molecule has 3 aromatic carbocycles. The highest BCUT2D eigenvalue weighted by molar-refractivity contribution is 5.99. The quantitative estimate of drug-likeness (QED) is 0.277. The number of fused-ring (bicyclic) bond motifs is 2. The third-order valence-electron chi connectivity index (χ3n) is 6.83. The maximum Gasteiger partial charge on any atom is 0.144 e. The first-order chi connectivity index (χ1) is 18.6. The summed E-state index contributed by atoms with van der Waals surface area (Å²) in [5.41, 5.74) is 11.8. The molecule has 0 bridgehead atoms. The second kappa shape index (κ2) is 9.96. The fourth-order valence-electron chi connectivity index (χ4n) is 4.87. The molecule has 8 nitrogen and oxygen atoms in total. The van der Waals surface area contributed by atoms with E-state index in [0.717, 1.165) is 46.3 Å². The molecule has 1 fully saturated rings. The minimum atomic E-state index is -0.0197. The highest BCUT2D eigenvalue weighted by Crippen LogP contribution is 2.36. The average molecular weight is 506 g/mol. The van der Waals surface area contributed by atoms with Gasteiger partial charge in [0.25, 0.3) is 0 Å². The number of nitrogens with zero attached hydrogens (tertiary/aromatic N) is 3. The summed E-state index contributed by atoms with van der Waals surface area (Å²) in [6.45, 7) is 1.97. The fourth-order valence-corrected chi connectivity index (χ4v) is 4.87. The maximum atomic E-state index is 9.81. The van der Waals surface area contributed by atoms with Gasteiger partial charge in [-0.3, -0.25) is 4.98 Å². The Morgan fingerprint density at radius 2 is 2.11 bits per heavy atom. The first-order valence-corrected chi connectivity index (χ1v) is 12.5. The van der Waals surface area contributed by atoms with Crippen LogP contribution in [0.3, 0.4) is 0 Å². The summed E-state index contributed by atoms with van der Waals surface area (Å²) in [5, 5.41) is 15.1. The van der Waals surface area contributed by atoms with E-state index in [4.69, 9.17) is 19.9 Å². The van der Waals surface area contributed by atoms with E-state index < -0.39 is 0 Å². The van der Waals surface area contributed by atoms with Gasteiger partial charge in [0.2, 0.25) is 0 Å². The Hall–Kier alpha value is -4.74. The fraction of sp³-hybridized carbons (Fsp3) is 0.200. The molecule has 0 radical (unpaired) electrons. The van der Waals surface area contributed by atoms with E-state index in [9.17, 15) is 5.26 Å². The Balaban J connectivity index is 1.31. The predicted molar refractivity (Wildman–Crippen MR) is 148 cm³/mol. The summed E-state index contributed by atoms with van der Waals surface area (Å²) in [6, 6.07) is 22.2. The Kier molecular flexibility index (Phi) is 6.20. The zero-order valence-electron chi connectivity index (χ0n) is 21.0. The summed E-state index contributed by atoms with van der Waals surface area (Å²) in [4.78, 5) is 4.49. The number of hydrogen-bond acceptors (Lipinski definition) is 7. The van der Waals surface area contributed by atoms with Crippen LogP contribution in [0.1, 0.15) is 17.5 Å². The van der Waals surface area contributed by atoms with Gasteiger partial charge in [-0.15, -0.1) is 0 Å². The van der Waals surface area contributed by atoms with Gasteiger partial charge in [0.05, 0.1) is 42.8 Å². The van der Waals surface area contributed by atoms with E-state index in [1.165, 1.54) is 0 Å². The van der Waals surface area contributed by atoms with Crippen molar-refractivity contribution in [2.24, 2.45) is 0 Å². The number of hydrogen-bond donors (Lipinski definition) is 2. The highest BCUT2D eigenvalue weighted by atomic mass is 16.5. The number of methoxy groups -OCH3 is 1. The molecule has 0 spiro atoms. The lowest BCUT2D eigenvalue weighted by Crippen LogP contribution is -2.16. The molecule has 190 valence electrons. The zero-order valence-corrected chi connectivity index (χ0v) is 21.0. The molecular formula is C30H27N5O3. The van der Waals surface area contributed by atoms with Crippen molar-refractivity contribution in [3.8, 4) is 17.6 Å². The van der Waals surface area contributed by atoms with Crippen molar-refractivity contribution in [2.45, 2.75) is 19.1 Å². The number of anilines is 3. The molecule has 1 unspecified atom stereocenters. The molecule has 2 aromatic heterocycles. The molecule has 8 heteroatoms. The van der Waals surface area contributed by atoms with Gasteiger partial charge in [-0.1, -0.05) is 12.1 Å². The molecule has 1 saturated heterocycles. The Bertz CT molecular complexity index is 1680. The summed E-state index contributed by atoms with van der Waals surface area (Å²) >= 11 is 0. The van der Waals surface area contributed by atoms with Crippen LogP contribution < -0.4 is 20.5 Å². The van der Waals surface area contributed by atoms with Gasteiger partial charge in [-0.05, 0) is 48.0 Å². The molecule has 1 aliphatic heterocycles. The van der Waals surface area contributed by atoms with Crippen LogP contribution in [0.15, 0.2) is 73.1 Å². The van der Waals surface area contributed by atoms with Crippen LogP contribution in [0, 0.1) is 11.3 Å². The Morgan fingerprint density at radius 1 is 1.18 bits per heavy atom. The van der Waals surface area contributed by atoms with E-state index in [1.54, 1.807) is 13.3 Å². The largest absolute Gasteiger partial charge is 0.497 e. The van der Waals surface area contributed by atoms with Gasteiger partial charge < -0.3 is 29.8 Å². The van der Waals surface area contributed by atoms with Gasteiger partial charge in [0.1, 0.15) is 23.7 Å². The van der Waals surface area contributed by atoms with Crippen molar-refractivity contribution in [2.75, 3.05) is 31.4 Å². The molecule has 38 heavy (non-hydrogen) atoms. The van der Waals surface area contributed by atoms with Gasteiger partial charge in [0.15, 0.2) is 0 Å². The second-order valence-corrected chi connectivity index (χ2v) is 9.36. The molecule has 3 N–H and O–H groups in total. The van der Waals surface area contributed by atoms with Gasteiger partial charge in [-0.2, -0.15) is 5.26 Å². The molecule has 0 aliphatic carbocycles. The number of rotatable bonds is 7. The third-order valence-corrected chi connectivity index (χ3v) is 6.83. The standard InChI is InChI=1S/C30H27N5O3/c1-36-23-4-2-3-19(11-23)17-35-9-7-20-12-22(5-6-28(20)35)34-30-21(15-31)16-33-27-14-29(26(32)13-25(27)30)38-24-8-10-37-18-24/h2-7,9,11-14,16,24H,8,10,17-18,32H2,1H3,(H,33,34). The minimum absolute atomic E-state index is 0.0197. The summed E-state index contributed by atoms with van der Waals surface area (Å²) in [6.07, 6.45) is 4.46. The van der Waals surface area contributed by atoms with E-state index in [0.29, 0.717) is 41.4 Å². The van der Waals surface area contributed by atoms with Crippen LogP contribution in [0.25, 0.3) is 21.8 Å². The molecule has 0 amide bonds. The van der Waals surface area contributed by atoms with E-state index in [1.807, 2.05) is 36.4 Å². The number of nitriles is 1. The summed E-state index contributed by atoms with van der Waals surface area (Å²) < 4.78 is 19.0. The molecular weight excluding hydrogens is 478 g/mol. The monoisotopic (exact) mass is 505 g/mol. The number of nitrogens with two attached hydrogens (primary N) is 1. The number of ether oxygens (including phenoxy) is 3. The number of nitrogen functional groups attached to an aromatic ring is 1. The first kappa shape index (κ1) is 23.6. The van der Waals surface area contributed by atoms with E-state index >= 15 is 0 Å². The summed E-state index contributed by atoms with van der Waals surface area (Å²) in [7, 11) is 1.68. The van der Waals surface area contributed by atoms with Crippen LogP contribution in [-0.2, 0) is 11.3 Å². The van der Waals surface area contributed by atoms with Crippen LogP contribution >= 0.6 is 0 Å². The number of benzene rings is 3. The van der Waals surface area contributed by atoms with Crippen molar-refractivity contribution in [3.05, 3.63) is 84.2 Å². The Labute approximate surface area is 220 Å². The lowest BCUT2D eigenvalue weighted by atomic mass is 10.1. The normalized spacial score (nSPS) is 15.0. The highest BCUT2D eigenvalue weighted by Gasteiger charge is 2.20. The molecule has 0 saturated carbocycles. The van der Waals surface area contributed by atoms with Crippen molar-refractivity contribution < 1.29 is 14.2 Å². The number of nitrogens with one attached hydrogen (secondary N) is 1. The van der Waals surface area contributed by atoms with Crippen LogP contribution in [0.4, 0.5) is 17.1 Å². The van der Waals surface area contributed by atoms with Crippen molar-refractivity contribution in [1.82, 2.24) is 9.55 Å². The van der Waals surface area contributed by atoms with Crippen LogP contribution in [-0.4, -0.2) is 36.0 Å². The molecule has 1 aliphatic rings. The average Bonchev–Trinajstić information content (AvgIpc) is 3.59. The lowest BCUT2D eigenvalue weighted by Gasteiger charge is -2.17. The number of aromatic nitrogens is 2. The topological polar surface area (TPSA) is 107 Å². The first-order valence-electron chi connectivity index (χ1n) is 12.5. The minimum Gasteiger partial charge on any atom is -0.497 e.